The molecule has 2 aromatic rings. The Labute approximate surface area is 153 Å². The first-order chi connectivity index (χ1) is 12.4. The Bertz CT molecular complexity index is 881. The van der Waals surface area contributed by atoms with Gasteiger partial charge in [-0.3, -0.25) is 24.6 Å². The van der Waals surface area contributed by atoms with Gasteiger partial charge >= 0.3 is 0 Å². The van der Waals surface area contributed by atoms with Gasteiger partial charge in [0.2, 0.25) is 5.91 Å². The molecule has 1 saturated heterocycles. The third-order valence-corrected chi connectivity index (χ3v) is 4.24. The standard InChI is InChI=1S/C16H15ClN4O5/c1-10-7-14(18-26-10)20(9-19-6-2-3-15(19)22)16(23)12-8-11(17)4-5-13(12)21(24)25/h4-5,7-8H,2-3,6,9H2,1H3. The number of nitro benzene ring substituents is 1. The Morgan fingerprint density at radius 2 is 2.23 bits per heavy atom. The van der Waals surface area contributed by atoms with Crippen molar-refractivity contribution in [3.05, 3.63) is 50.7 Å². The molecule has 9 nitrogen and oxygen atoms in total. The van der Waals surface area contributed by atoms with Crippen LogP contribution in [0.3, 0.4) is 0 Å². The molecule has 0 N–H and O–H groups in total. The molecule has 1 aliphatic rings. The monoisotopic (exact) mass is 378 g/mol. The van der Waals surface area contributed by atoms with E-state index in [9.17, 15) is 19.7 Å². The summed E-state index contributed by atoms with van der Waals surface area (Å²) in [5.74, 6) is -0.150. The summed E-state index contributed by atoms with van der Waals surface area (Å²) in [6, 6.07) is 5.26. The highest BCUT2D eigenvalue weighted by molar-refractivity contribution is 6.31. The Balaban J connectivity index is 2.01. The number of halogens is 1. The molecule has 2 heterocycles. The summed E-state index contributed by atoms with van der Waals surface area (Å²) >= 11 is 5.92. The predicted octanol–water partition coefficient (Wildman–Crippen LogP) is 2.77. The molecule has 1 aromatic heterocycles. The van der Waals surface area contributed by atoms with Crippen molar-refractivity contribution in [2.75, 3.05) is 18.1 Å². The number of carbonyl (C=O) groups excluding carboxylic acids is 2. The summed E-state index contributed by atoms with van der Waals surface area (Å²) in [4.78, 5) is 38.3. The van der Waals surface area contributed by atoms with E-state index >= 15 is 0 Å². The number of nitrogens with zero attached hydrogens (tertiary/aromatic N) is 4. The highest BCUT2D eigenvalue weighted by atomic mass is 35.5. The Hall–Kier alpha value is -2.94. The van der Waals surface area contributed by atoms with E-state index in [0.29, 0.717) is 25.1 Å². The van der Waals surface area contributed by atoms with Crippen LogP contribution in [-0.2, 0) is 4.79 Å². The van der Waals surface area contributed by atoms with Crippen LogP contribution >= 0.6 is 11.6 Å². The van der Waals surface area contributed by atoms with Crippen molar-refractivity contribution < 1.29 is 19.0 Å². The summed E-state index contributed by atoms with van der Waals surface area (Å²) in [7, 11) is 0. The number of likely N-dealkylation sites (tertiary alicyclic amines) is 1. The second-order valence-corrected chi connectivity index (χ2v) is 6.29. The molecule has 0 aliphatic carbocycles. The van der Waals surface area contributed by atoms with Gasteiger partial charge in [-0.05, 0) is 25.5 Å². The number of anilines is 1. The van der Waals surface area contributed by atoms with E-state index in [4.69, 9.17) is 16.1 Å². The normalized spacial score (nSPS) is 13.9. The van der Waals surface area contributed by atoms with Crippen molar-refractivity contribution in [2.45, 2.75) is 19.8 Å². The topological polar surface area (TPSA) is 110 Å². The molecule has 0 atom stereocenters. The third kappa shape index (κ3) is 3.52. The minimum Gasteiger partial charge on any atom is -0.360 e. The third-order valence-electron chi connectivity index (χ3n) is 4.01. The van der Waals surface area contributed by atoms with E-state index in [0.717, 1.165) is 0 Å². The maximum Gasteiger partial charge on any atom is 0.282 e. The fraction of sp³-hybridized carbons (Fsp3) is 0.312. The Morgan fingerprint density at radius 3 is 2.81 bits per heavy atom. The largest absolute Gasteiger partial charge is 0.360 e. The van der Waals surface area contributed by atoms with Gasteiger partial charge in [-0.2, -0.15) is 0 Å². The molecule has 1 fully saturated rings. The maximum absolute atomic E-state index is 13.1. The van der Waals surface area contributed by atoms with Crippen molar-refractivity contribution in [3.63, 3.8) is 0 Å². The van der Waals surface area contributed by atoms with Gasteiger partial charge in [0.05, 0.1) is 4.92 Å². The second kappa shape index (κ2) is 7.12. The highest BCUT2D eigenvalue weighted by Gasteiger charge is 2.31. The zero-order valence-electron chi connectivity index (χ0n) is 13.8. The second-order valence-electron chi connectivity index (χ2n) is 5.85. The molecule has 0 spiro atoms. The Morgan fingerprint density at radius 1 is 1.46 bits per heavy atom. The minimum absolute atomic E-state index is 0.0761. The fourth-order valence-electron chi connectivity index (χ4n) is 2.73. The fourth-order valence-corrected chi connectivity index (χ4v) is 2.90. The van der Waals surface area contributed by atoms with E-state index in [1.165, 1.54) is 34.1 Å². The summed E-state index contributed by atoms with van der Waals surface area (Å²) < 4.78 is 5.02. The van der Waals surface area contributed by atoms with E-state index in [-0.39, 0.29) is 34.7 Å². The molecule has 26 heavy (non-hydrogen) atoms. The van der Waals surface area contributed by atoms with Crippen molar-refractivity contribution >= 4 is 34.9 Å². The first-order valence-electron chi connectivity index (χ1n) is 7.83. The van der Waals surface area contributed by atoms with Gasteiger partial charge < -0.3 is 9.42 Å². The number of carbonyl (C=O) groups is 2. The lowest BCUT2D eigenvalue weighted by atomic mass is 10.1. The SMILES string of the molecule is Cc1cc(N(CN2CCCC2=O)C(=O)c2cc(Cl)ccc2[N+](=O)[O-])no1. The van der Waals surface area contributed by atoms with Crippen LogP contribution in [0.15, 0.2) is 28.8 Å². The molecule has 3 rings (SSSR count). The van der Waals surface area contributed by atoms with Crippen LogP contribution in [0, 0.1) is 17.0 Å². The summed E-state index contributed by atoms with van der Waals surface area (Å²) in [5, 5.41) is 15.3. The van der Waals surface area contributed by atoms with Gasteiger partial charge in [-0.15, -0.1) is 0 Å². The molecule has 10 heteroatoms. The van der Waals surface area contributed by atoms with Crippen molar-refractivity contribution in [3.8, 4) is 0 Å². The van der Waals surface area contributed by atoms with Gasteiger partial charge in [0.1, 0.15) is 18.0 Å². The lowest BCUT2D eigenvalue weighted by molar-refractivity contribution is -0.385. The van der Waals surface area contributed by atoms with Crippen molar-refractivity contribution in [1.82, 2.24) is 10.1 Å². The molecule has 2 amide bonds. The summed E-state index contributed by atoms with van der Waals surface area (Å²) in [5.41, 5.74) is -0.563. The van der Waals surface area contributed by atoms with Gasteiger partial charge in [0.25, 0.3) is 11.6 Å². The van der Waals surface area contributed by atoms with Crippen LogP contribution < -0.4 is 4.90 Å². The summed E-state index contributed by atoms with van der Waals surface area (Å²) in [6.45, 7) is 2.08. The number of benzene rings is 1. The predicted molar refractivity (Wildman–Crippen MR) is 92.0 cm³/mol. The molecule has 1 aromatic carbocycles. The number of hydrogen-bond donors (Lipinski definition) is 0. The number of nitro groups is 1. The molecule has 136 valence electrons. The van der Waals surface area contributed by atoms with E-state index in [1.807, 2.05) is 0 Å². The minimum atomic E-state index is -0.688. The zero-order valence-corrected chi connectivity index (χ0v) is 14.6. The van der Waals surface area contributed by atoms with Crippen LogP contribution in [0.1, 0.15) is 29.0 Å². The molecule has 0 bridgehead atoms. The average Bonchev–Trinajstić information content (AvgIpc) is 3.20. The first-order valence-corrected chi connectivity index (χ1v) is 8.21. The van der Waals surface area contributed by atoms with Crippen molar-refractivity contribution in [2.24, 2.45) is 0 Å². The number of hydrogen-bond acceptors (Lipinski definition) is 6. The van der Waals surface area contributed by atoms with E-state index in [1.54, 1.807) is 6.92 Å². The first kappa shape index (κ1) is 17.9. The van der Waals surface area contributed by atoms with E-state index in [2.05, 4.69) is 5.16 Å². The van der Waals surface area contributed by atoms with E-state index < -0.39 is 10.8 Å². The van der Waals surface area contributed by atoms with Crippen LogP contribution in [0.4, 0.5) is 11.5 Å². The smallest absolute Gasteiger partial charge is 0.282 e. The number of amides is 2. The number of aryl methyl sites for hydroxylation is 1. The quantitative estimate of drug-likeness (QED) is 0.584. The van der Waals surface area contributed by atoms with Gasteiger partial charge in [-0.1, -0.05) is 16.8 Å². The van der Waals surface area contributed by atoms with Gasteiger partial charge in [0, 0.05) is 30.1 Å². The zero-order chi connectivity index (χ0) is 18.8. The molecule has 0 radical (unpaired) electrons. The van der Waals surface area contributed by atoms with Crippen molar-refractivity contribution in [1.29, 1.82) is 0 Å². The van der Waals surface area contributed by atoms with Crippen LogP contribution in [-0.4, -0.2) is 40.0 Å². The highest BCUT2D eigenvalue weighted by Crippen LogP contribution is 2.27. The summed E-state index contributed by atoms with van der Waals surface area (Å²) in [6.07, 6.45) is 1.09. The molecule has 0 saturated carbocycles. The lowest BCUT2D eigenvalue weighted by Crippen LogP contribution is -2.42. The number of aromatic nitrogens is 1. The van der Waals surface area contributed by atoms with Gasteiger partial charge in [-0.25, -0.2) is 0 Å². The van der Waals surface area contributed by atoms with Gasteiger partial charge in [0.15, 0.2) is 5.82 Å². The molecule has 0 unspecified atom stereocenters. The average molecular weight is 379 g/mol. The number of rotatable bonds is 5. The lowest BCUT2D eigenvalue weighted by Gasteiger charge is -2.25. The molecular weight excluding hydrogens is 364 g/mol. The molecule has 1 aliphatic heterocycles. The molecular formula is C16H15ClN4O5. The van der Waals surface area contributed by atoms with Crippen LogP contribution in [0.2, 0.25) is 5.02 Å². The van der Waals surface area contributed by atoms with Crippen LogP contribution in [0.5, 0.6) is 0 Å². The Kier molecular flexibility index (Phi) is 4.90. The maximum atomic E-state index is 13.1. The van der Waals surface area contributed by atoms with Crippen LogP contribution in [0.25, 0.3) is 0 Å².